The van der Waals surface area contributed by atoms with Gasteiger partial charge in [0.25, 0.3) is 17.7 Å². The molecule has 164 valence electrons. The number of hydrogen-bond acceptors (Lipinski definition) is 6. The van der Waals surface area contributed by atoms with Crippen molar-refractivity contribution in [1.82, 2.24) is 4.90 Å². The summed E-state index contributed by atoms with van der Waals surface area (Å²) >= 11 is 0. The Kier molecular flexibility index (Phi) is 5.87. The maximum Gasteiger partial charge on any atom is 0.338 e. The van der Waals surface area contributed by atoms with E-state index in [1.807, 2.05) is 18.2 Å². The van der Waals surface area contributed by atoms with Gasteiger partial charge in [-0.2, -0.15) is 5.26 Å². The van der Waals surface area contributed by atoms with Gasteiger partial charge in [0.1, 0.15) is 0 Å². The number of benzene rings is 3. The number of ether oxygens (including phenoxy) is 1. The fraction of sp³-hybridized carbons (Fsp3) is 0.160. The molecule has 0 unspecified atom stereocenters. The van der Waals surface area contributed by atoms with Crippen LogP contribution in [0, 0.1) is 11.3 Å². The van der Waals surface area contributed by atoms with Crippen molar-refractivity contribution in [2.45, 2.75) is 6.42 Å². The average Bonchev–Trinajstić information content (AvgIpc) is 2.84. The number of amides is 3. The largest absolute Gasteiger partial charge is 0.452 e. The molecule has 0 radical (unpaired) electrons. The van der Waals surface area contributed by atoms with Gasteiger partial charge in [-0.25, -0.2) is 9.69 Å². The molecule has 8 nitrogen and oxygen atoms in total. The van der Waals surface area contributed by atoms with Crippen LogP contribution in [0.4, 0.5) is 5.69 Å². The van der Waals surface area contributed by atoms with Gasteiger partial charge in [-0.15, -0.1) is 0 Å². The maximum absolute atomic E-state index is 13.1. The zero-order valence-electron chi connectivity index (χ0n) is 17.8. The number of carbonyl (C=O) groups excluding carboxylic acids is 4. The molecule has 1 heterocycles. The van der Waals surface area contributed by atoms with E-state index >= 15 is 0 Å². The standard InChI is InChI=1S/C25H19N3O5/c1-27(14-4-13-26)21(29)15-33-25(32)17-9-11-18(12-10-17)28-23(30)19-7-2-5-16-6-3-8-20(22(16)19)24(28)31/h2-3,5-12H,4,14-15H2,1H3. The molecule has 0 spiro atoms. The van der Waals surface area contributed by atoms with E-state index in [1.54, 1.807) is 24.3 Å². The summed E-state index contributed by atoms with van der Waals surface area (Å²) in [6.07, 6.45) is 0.185. The molecule has 3 aromatic rings. The summed E-state index contributed by atoms with van der Waals surface area (Å²) in [6.45, 7) is -0.206. The molecule has 3 aromatic carbocycles. The molecule has 1 aliphatic rings. The number of rotatable bonds is 6. The number of nitriles is 1. The van der Waals surface area contributed by atoms with Crippen LogP contribution in [0.25, 0.3) is 10.8 Å². The molecular weight excluding hydrogens is 422 g/mol. The lowest BCUT2D eigenvalue weighted by Gasteiger charge is -2.27. The molecule has 0 atom stereocenters. The van der Waals surface area contributed by atoms with E-state index in [9.17, 15) is 19.2 Å². The van der Waals surface area contributed by atoms with Gasteiger partial charge in [-0.05, 0) is 41.8 Å². The minimum absolute atomic E-state index is 0.172. The van der Waals surface area contributed by atoms with Crippen LogP contribution in [-0.4, -0.2) is 48.8 Å². The van der Waals surface area contributed by atoms with Gasteiger partial charge < -0.3 is 9.64 Å². The van der Waals surface area contributed by atoms with Gasteiger partial charge in [-0.3, -0.25) is 14.4 Å². The lowest BCUT2D eigenvalue weighted by molar-refractivity contribution is -0.133. The molecule has 0 saturated heterocycles. The lowest BCUT2D eigenvalue weighted by Crippen LogP contribution is -2.40. The van der Waals surface area contributed by atoms with Crippen LogP contribution in [-0.2, 0) is 9.53 Å². The molecule has 0 aliphatic carbocycles. The Labute approximate surface area is 189 Å². The molecular formula is C25H19N3O5. The second-order valence-electron chi connectivity index (χ2n) is 7.50. The Bertz CT molecular complexity index is 1270. The summed E-state index contributed by atoms with van der Waals surface area (Å²) in [4.78, 5) is 52.8. The Hall–Kier alpha value is -4.51. The summed E-state index contributed by atoms with van der Waals surface area (Å²) in [6, 6.07) is 18.4. The van der Waals surface area contributed by atoms with Crippen LogP contribution in [0.1, 0.15) is 37.5 Å². The third-order valence-electron chi connectivity index (χ3n) is 5.44. The molecule has 1 aliphatic heterocycles. The average molecular weight is 441 g/mol. The molecule has 0 saturated carbocycles. The number of nitrogens with zero attached hydrogens (tertiary/aromatic N) is 3. The summed E-state index contributed by atoms with van der Waals surface area (Å²) in [7, 11) is 1.52. The third kappa shape index (κ3) is 4.04. The van der Waals surface area contributed by atoms with Gasteiger partial charge in [0.2, 0.25) is 0 Å². The molecule has 4 rings (SSSR count). The van der Waals surface area contributed by atoms with E-state index in [0.29, 0.717) is 22.2 Å². The predicted octanol–water partition coefficient (Wildman–Crippen LogP) is 3.17. The number of hydrogen-bond donors (Lipinski definition) is 0. The number of imide groups is 1. The normalized spacial score (nSPS) is 12.4. The molecule has 0 N–H and O–H groups in total. The van der Waals surface area contributed by atoms with E-state index in [-0.39, 0.29) is 18.5 Å². The highest BCUT2D eigenvalue weighted by Crippen LogP contribution is 2.32. The summed E-state index contributed by atoms with van der Waals surface area (Å²) < 4.78 is 5.04. The lowest BCUT2D eigenvalue weighted by atomic mass is 9.94. The highest BCUT2D eigenvalue weighted by molar-refractivity contribution is 6.35. The van der Waals surface area contributed by atoms with Crippen molar-refractivity contribution in [3.8, 4) is 6.07 Å². The van der Waals surface area contributed by atoms with E-state index in [4.69, 9.17) is 10.00 Å². The van der Waals surface area contributed by atoms with E-state index in [0.717, 1.165) is 10.3 Å². The molecule has 0 bridgehead atoms. The van der Waals surface area contributed by atoms with Crippen molar-refractivity contribution in [3.05, 3.63) is 77.4 Å². The van der Waals surface area contributed by atoms with Crippen molar-refractivity contribution in [1.29, 1.82) is 5.26 Å². The first-order valence-corrected chi connectivity index (χ1v) is 10.2. The van der Waals surface area contributed by atoms with Crippen LogP contribution < -0.4 is 4.90 Å². The molecule has 0 aromatic heterocycles. The van der Waals surface area contributed by atoms with Crippen molar-refractivity contribution < 1.29 is 23.9 Å². The fourth-order valence-electron chi connectivity index (χ4n) is 3.67. The number of anilines is 1. The van der Waals surface area contributed by atoms with Crippen molar-refractivity contribution in [2.24, 2.45) is 0 Å². The zero-order chi connectivity index (χ0) is 23.5. The van der Waals surface area contributed by atoms with Crippen molar-refractivity contribution in [3.63, 3.8) is 0 Å². The van der Waals surface area contributed by atoms with Gasteiger partial charge in [0.15, 0.2) is 6.61 Å². The van der Waals surface area contributed by atoms with Gasteiger partial charge in [0, 0.05) is 30.1 Å². The highest BCUT2D eigenvalue weighted by atomic mass is 16.5. The topological polar surface area (TPSA) is 108 Å². The smallest absolute Gasteiger partial charge is 0.338 e. The quantitative estimate of drug-likeness (QED) is 0.430. The number of likely N-dealkylation sites (N-methyl/N-ethyl adjacent to an activating group) is 1. The first-order chi connectivity index (χ1) is 15.9. The van der Waals surface area contributed by atoms with Gasteiger partial charge >= 0.3 is 5.97 Å². The van der Waals surface area contributed by atoms with Crippen molar-refractivity contribution in [2.75, 3.05) is 25.1 Å². The highest BCUT2D eigenvalue weighted by Gasteiger charge is 2.33. The van der Waals surface area contributed by atoms with Crippen molar-refractivity contribution >= 4 is 40.2 Å². The Morgan fingerprint density at radius 3 is 2.15 bits per heavy atom. The summed E-state index contributed by atoms with van der Waals surface area (Å²) in [5, 5.41) is 10.0. The van der Waals surface area contributed by atoms with Gasteiger partial charge in [0.05, 0.1) is 23.7 Å². The van der Waals surface area contributed by atoms with Crippen LogP contribution in [0.3, 0.4) is 0 Å². The minimum atomic E-state index is -0.713. The maximum atomic E-state index is 13.1. The predicted molar refractivity (Wildman–Crippen MR) is 120 cm³/mol. The Morgan fingerprint density at radius 1 is 0.970 bits per heavy atom. The van der Waals surface area contributed by atoms with E-state index < -0.39 is 30.3 Å². The number of carbonyl (C=O) groups is 4. The fourth-order valence-corrected chi connectivity index (χ4v) is 3.67. The summed E-state index contributed by atoms with van der Waals surface area (Å²) in [5.41, 5.74) is 1.36. The molecule has 8 heteroatoms. The van der Waals surface area contributed by atoms with Gasteiger partial charge in [-0.1, -0.05) is 24.3 Å². The number of esters is 1. The van der Waals surface area contributed by atoms with Crippen LogP contribution in [0.5, 0.6) is 0 Å². The zero-order valence-corrected chi connectivity index (χ0v) is 17.8. The Morgan fingerprint density at radius 2 is 1.58 bits per heavy atom. The Balaban J connectivity index is 1.50. The first-order valence-electron chi connectivity index (χ1n) is 10.2. The first kappa shape index (κ1) is 21.7. The third-order valence-corrected chi connectivity index (χ3v) is 5.44. The van der Waals surface area contributed by atoms with E-state index in [1.165, 1.54) is 36.2 Å². The van der Waals surface area contributed by atoms with E-state index in [2.05, 4.69) is 0 Å². The van der Waals surface area contributed by atoms with Crippen LogP contribution >= 0.6 is 0 Å². The van der Waals surface area contributed by atoms with Crippen LogP contribution in [0.15, 0.2) is 60.7 Å². The summed E-state index contributed by atoms with van der Waals surface area (Å²) in [5.74, 6) is -2.01. The second kappa shape index (κ2) is 8.93. The minimum Gasteiger partial charge on any atom is -0.452 e. The monoisotopic (exact) mass is 441 g/mol. The molecule has 33 heavy (non-hydrogen) atoms. The van der Waals surface area contributed by atoms with Crippen LogP contribution in [0.2, 0.25) is 0 Å². The molecule has 0 fully saturated rings. The SMILES string of the molecule is CN(CCC#N)C(=O)COC(=O)c1ccc(N2C(=O)c3cccc4cccc(c34)C2=O)cc1. The molecule has 3 amide bonds. The second-order valence-corrected chi connectivity index (χ2v) is 7.50.